The molecule has 2 heterocycles. The fourth-order valence-electron chi connectivity index (χ4n) is 3.54. The van der Waals surface area contributed by atoms with Crippen LogP contribution in [0.1, 0.15) is 52.3 Å². The zero-order valence-corrected chi connectivity index (χ0v) is 15.9. The van der Waals surface area contributed by atoms with E-state index in [-0.39, 0.29) is 18.5 Å². The molecule has 0 N–H and O–H groups in total. The summed E-state index contributed by atoms with van der Waals surface area (Å²) in [5, 5.41) is 12.0. The van der Waals surface area contributed by atoms with Gasteiger partial charge in [-0.25, -0.2) is 0 Å². The predicted molar refractivity (Wildman–Crippen MR) is 97.2 cm³/mol. The van der Waals surface area contributed by atoms with Crippen LogP contribution in [0.2, 0.25) is 0 Å². The molecule has 0 aliphatic heterocycles. The maximum Gasteiger partial charge on any atom is 0.306 e. The maximum atomic E-state index is 12.3. The van der Waals surface area contributed by atoms with Crippen molar-refractivity contribution in [3.05, 3.63) is 22.7 Å². The van der Waals surface area contributed by atoms with Gasteiger partial charge in [-0.15, -0.1) is 10.2 Å². The Bertz CT molecular complexity index is 681. The molecule has 2 aromatic heterocycles. The molecular weight excluding hydrogens is 336 g/mol. The van der Waals surface area contributed by atoms with E-state index in [4.69, 9.17) is 9.15 Å². The van der Waals surface area contributed by atoms with Crippen molar-refractivity contribution < 1.29 is 13.9 Å². The molecule has 2 aromatic rings. The lowest BCUT2D eigenvalue weighted by Crippen LogP contribution is -2.35. The fraction of sp³-hybridized carbons (Fsp3) is 0.632. The minimum absolute atomic E-state index is 0.0419. The van der Waals surface area contributed by atoms with Gasteiger partial charge in [0.25, 0.3) is 0 Å². The van der Waals surface area contributed by atoms with Gasteiger partial charge in [-0.05, 0) is 42.0 Å². The minimum atomic E-state index is -0.167. The highest BCUT2D eigenvalue weighted by molar-refractivity contribution is 7.08. The molecule has 0 amide bonds. The van der Waals surface area contributed by atoms with Gasteiger partial charge in [0.1, 0.15) is 6.10 Å². The van der Waals surface area contributed by atoms with Crippen molar-refractivity contribution in [3.63, 3.8) is 0 Å². The summed E-state index contributed by atoms with van der Waals surface area (Å²) < 4.78 is 11.4. The molecule has 0 radical (unpaired) electrons. The monoisotopic (exact) mass is 362 g/mol. The molecular formula is C19H26N2O3S. The highest BCUT2D eigenvalue weighted by Gasteiger charge is 2.33. The lowest BCUT2D eigenvalue weighted by atomic mass is 9.75. The first-order valence-corrected chi connectivity index (χ1v) is 10.0. The second-order valence-electron chi connectivity index (χ2n) is 7.37. The molecule has 136 valence electrons. The molecule has 0 spiro atoms. The molecule has 25 heavy (non-hydrogen) atoms. The summed E-state index contributed by atoms with van der Waals surface area (Å²) >= 11 is 1.58. The standard InChI is InChI=1S/C19H26N2O3S/c1-12(2)15-5-4-13(3)10-16(15)23-18(22)7-6-17-20-21-19(24-17)14-8-9-25-11-14/h8-9,11-13,15-16H,4-7,10H2,1-3H3/t13-,15-,16-/m0/s1. The van der Waals surface area contributed by atoms with E-state index in [0.29, 0.717) is 36.0 Å². The molecule has 0 bridgehead atoms. The van der Waals surface area contributed by atoms with E-state index in [1.54, 1.807) is 11.3 Å². The minimum Gasteiger partial charge on any atom is -0.462 e. The van der Waals surface area contributed by atoms with E-state index in [9.17, 15) is 4.79 Å². The molecule has 6 heteroatoms. The van der Waals surface area contributed by atoms with Crippen LogP contribution in [0.25, 0.3) is 11.5 Å². The molecule has 1 aliphatic rings. The third kappa shape index (κ3) is 4.69. The first-order valence-electron chi connectivity index (χ1n) is 9.07. The van der Waals surface area contributed by atoms with Crippen molar-refractivity contribution in [2.45, 2.75) is 59.0 Å². The average Bonchev–Trinajstić information content (AvgIpc) is 3.24. The Balaban J connectivity index is 1.52. The number of esters is 1. The number of nitrogens with zero attached hydrogens (tertiary/aromatic N) is 2. The van der Waals surface area contributed by atoms with Crippen LogP contribution >= 0.6 is 11.3 Å². The van der Waals surface area contributed by atoms with Crippen molar-refractivity contribution in [2.75, 3.05) is 0 Å². The largest absolute Gasteiger partial charge is 0.462 e. The van der Waals surface area contributed by atoms with Crippen LogP contribution in [-0.2, 0) is 16.0 Å². The second-order valence-corrected chi connectivity index (χ2v) is 8.15. The van der Waals surface area contributed by atoms with E-state index in [0.717, 1.165) is 18.4 Å². The van der Waals surface area contributed by atoms with Crippen molar-refractivity contribution in [3.8, 4) is 11.5 Å². The number of aromatic nitrogens is 2. The summed E-state index contributed by atoms with van der Waals surface area (Å²) in [5.41, 5.74) is 0.919. The Morgan fingerprint density at radius 2 is 2.24 bits per heavy atom. The SMILES string of the molecule is CC(C)[C@@H]1CC[C@H](C)C[C@@H]1OC(=O)CCc1nnc(-c2ccsc2)o1. The summed E-state index contributed by atoms with van der Waals surface area (Å²) in [7, 11) is 0. The number of aryl methyl sites for hydroxylation is 1. The molecule has 0 aromatic carbocycles. The van der Waals surface area contributed by atoms with Gasteiger partial charge in [0, 0.05) is 17.4 Å². The number of hydrogen-bond donors (Lipinski definition) is 0. The van der Waals surface area contributed by atoms with E-state index < -0.39 is 0 Å². The van der Waals surface area contributed by atoms with Gasteiger partial charge in [0.15, 0.2) is 0 Å². The third-order valence-electron chi connectivity index (χ3n) is 5.02. The number of rotatable bonds is 6. The number of thiophene rings is 1. The Kier molecular flexibility index (Phi) is 5.89. The number of hydrogen-bond acceptors (Lipinski definition) is 6. The number of carbonyl (C=O) groups is 1. The van der Waals surface area contributed by atoms with Crippen LogP contribution in [0.4, 0.5) is 0 Å². The van der Waals surface area contributed by atoms with Crippen LogP contribution in [-0.4, -0.2) is 22.3 Å². The van der Waals surface area contributed by atoms with Crippen molar-refractivity contribution in [1.29, 1.82) is 0 Å². The van der Waals surface area contributed by atoms with Gasteiger partial charge in [0.2, 0.25) is 11.8 Å². The lowest BCUT2D eigenvalue weighted by Gasteiger charge is -2.36. The summed E-state index contributed by atoms with van der Waals surface area (Å²) in [6.45, 7) is 6.67. The van der Waals surface area contributed by atoms with E-state index in [1.807, 2.05) is 16.8 Å². The third-order valence-corrected chi connectivity index (χ3v) is 5.71. The smallest absolute Gasteiger partial charge is 0.306 e. The second kappa shape index (κ2) is 8.13. The molecule has 0 saturated heterocycles. The average molecular weight is 362 g/mol. The van der Waals surface area contributed by atoms with Crippen LogP contribution in [0.3, 0.4) is 0 Å². The lowest BCUT2D eigenvalue weighted by molar-refractivity contribution is -0.156. The molecule has 5 nitrogen and oxygen atoms in total. The number of ether oxygens (including phenoxy) is 1. The summed E-state index contributed by atoms with van der Waals surface area (Å²) in [6.07, 6.45) is 4.08. The van der Waals surface area contributed by atoms with Gasteiger partial charge in [-0.3, -0.25) is 4.79 Å². The summed E-state index contributed by atoms with van der Waals surface area (Å²) in [6, 6.07) is 1.94. The zero-order valence-electron chi connectivity index (χ0n) is 15.1. The molecule has 3 atom stereocenters. The zero-order chi connectivity index (χ0) is 17.8. The van der Waals surface area contributed by atoms with Gasteiger partial charge >= 0.3 is 5.97 Å². The maximum absolute atomic E-state index is 12.3. The first kappa shape index (κ1) is 18.1. The van der Waals surface area contributed by atoms with Gasteiger partial charge in [-0.2, -0.15) is 11.3 Å². The van der Waals surface area contributed by atoms with Crippen LogP contribution in [0.5, 0.6) is 0 Å². The fourth-order valence-corrected chi connectivity index (χ4v) is 4.17. The van der Waals surface area contributed by atoms with Gasteiger partial charge in [-0.1, -0.05) is 27.2 Å². The van der Waals surface area contributed by atoms with E-state index >= 15 is 0 Å². The molecule has 3 rings (SSSR count). The van der Waals surface area contributed by atoms with Crippen molar-refractivity contribution in [2.24, 2.45) is 17.8 Å². The topological polar surface area (TPSA) is 65.2 Å². The Morgan fingerprint density at radius 3 is 2.96 bits per heavy atom. The predicted octanol–water partition coefficient (Wildman–Crippen LogP) is 4.73. The molecule has 1 fully saturated rings. The van der Waals surface area contributed by atoms with Crippen molar-refractivity contribution >= 4 is 17.3 Å². The Labute approximate surface area is 152 Å². The molecule has 1 saturated carbocycles. The van der Waals surface area contributed by atoms with Gasteiger partial charge < -0.3 is 9.15 Å². The van der Waals surface area contributed by atoms with Crippen LogP contribution in [0, 0.1) is 17.8 Å². The highest BCUT2D eigenvalue weighted by Crippen LogP contribution is 2.35. The Morgan fingerprint density at radius 1 is 1.40 bits per heavy atom. The molecule has 0 unspecified atom stereocenters. The summed E-state index contributed by atoms with van der Waals surface area (Å²) in [4.78, 5) is 12.3. The summed E-state index contributed by atoms with van der Waals surface area (Å²) in [5.74, 6) is 2.45. The molecule has 1 aliphatic carbocycles. The first-order chi connectivity index (χ1) is 12.0. The van der Waals surface area contributed by atoms with Gasteiger partial charge in [0.05, 0.1) is 6.42 Å². The van der Waals surface area contributed by atoms with Crippen molar-refractivity contribution in [1.82, 2.24) is 10.2 Å². The van der Waals surface area contributed by atoms with E-state index in [1.165, 1.54) is 6.42 Å². The normalized spacial score (nSPS) is 23.8. The van der Waals surface area contributed by atoms with E-state index in [2.05, 4.69) is 31.0 Å². The van der Waals surface area contributed by atoms with Crippen LogP contribution in [0.15, 0.2) is 21.2 Å². The number of carbonyl (C=O) groups excluding carboxylic acids is 1. The quantitative estimate of drug-likeness (QED) is 0.695. The van der Waals surface area contributed by atoms with Crippen LogP contribution < -0.4 is 0 Å². The highest BCUT2D eigenvalue weighted by atomic mass is 32.1. The Hall–Kier alpha value is -1.69.